The van der Waals surface area contributed by atoms with Gasteiger partial charge in [-0.1, -0.05) is 68.5 Å². The minimum atomic E-state index is -0.189. The number of fused-ring (bicyclic) bond motifs is 2. The molecule has 0 N–H and O–H groups in total. The Morgan fingerprint density at radius 1 is 1.04 bits per heavy atom. The van der Waals surface area contributed by atoms with Crippen LogP contribution in [0.3, 0.4) is 0 Å². The normalized spacial score (nSPS) is 12.4. The van der Waals surface area contributed by atoms with Gasteiger partial charge < -0.3 is 4.57 Å². The zero-order valence-corrected chi connectivity index (χ0v) is 17.3. The third kappa shape index (κ3) is 3.52. The van der Waals surface area contributed by atoms with Crippen LogP contribution in [0, 0.1) is 0 Å². The molecule has 1 amide bonds. The number of carbonyl (C=O) groups excluding carboxylic acids is 1. The number of carbonyl (C=O) groups is 1. The number of nitrogens with zero attached hydrogens (tertiary/aromatic N) is 2. The van der Waals surface area contributed by atoms with Crippen molar-refractivity contribution in [1.29, 1.82) is 0 Å². The Bertz CT molecular complexity index is 1230. The van der Waals surface area contributed by atoms with Crippen LogP contribution in [0.15, 0.2) is 65.7 Å². The number of amides is 1. The molecule has 0 saturated heterocycles. The van der Waals surface area contributed by atoms with Gasteiger partial charge in [0, 0.05) is 12.1 Å². The van der Waals surface area contributed by atoms with E-state index in [0.29, 0.717) is 11.5 Å². The van der Waals surface area contributed by atoms with Gasteiger partial charge in [0.05, 0.1) is 10.2 Å². The molecule has 4 rings (SSSR count). The molecule has 0 bridgehead atoms. The lowest BCUT2D eigenvalue weighted by molar-refractivity contribution is 0.0998. The van der Waals surface area contributed by atoms with Gasteiger partial charge in [-0.2, -0.15) is 4.99 Å². The molecule has 1 heterocycles. The summed E-state index contributed by atoms with van der Waals surface area (Å²) < 4.78 is 3.35. The molecular weight excluding hydrogens is 364 g/mol. The number of hydrogen-bond donors (Lipinski definition) is 0. The van der Waals surface area contributed by atoms with E-state index in [0.717, 1.165) is 34.1 Å². The van der Waals surface area contributed by atoms with Crippen LogP contribution in [0.5, 0.6) is 0 Å². The molecule has 0 radical (unpaired) electrons. The number of thiazole rings is 1. The van der Waals surface area contributed by atoms with E-state index in [2.05, 4.69) is 48.5 Å². The average Bonchev–Trinajstić information content (AvgIpc) is 3.04. The molecule has 0 unspecified atom stereocenters. The van der Waals surface area contributed by atoms with Crippen LogP contribution in [0.4, 0.5) is 0 Å². The Morgan fingerprint density at radius 2 is 1.82 bits per heavy atom. The summed E-state index contributed by atoms with van der Waals surface area (Å²) in [6.45, 7) is 7.39. The molecule has 4 heteroatoms. The highest BCUT2D eigenvalue weighted by molar-refractivity contribution is 7.16. The first kappa shape index (κ1) is 18.6. The van der Waals surface area contributed by atoms with Crippen LogP contribution >= 0.6 is 11.3 Å². The Morgan fingerprint density at radius 3 is 2.57 bits per heavy atom. The highest BCUT2D eigenvalue weighted by Crippen LogP contribution is 2.24. The summed E-state index contributed by atoms with van der Waals surface area (Å²) in [7, 11) is 0. The van der Waals surface area contributed by atoms with Crippen molar-refractivity contribution in [1.82, 2.24) is 4.57 Å². The zero-order chi connectivity index (χ0) is 19.7. The Hall–Kier alpha value is -2.72. The predicted molar refractivity (Wildman–Crippen MR) is 118 cm³/mol. The van der Waals surface area contributed by atoms with Crippen LogP contribution in [-0.4, -0.2) is 10.5 Å². The maximum Gasteiger partial charge on any atom is 0.279 e. The quantitative estimate of drug-likeness (QED) is 0.414. The maximum absolute atomic E-state index is 12.9. The van der Waals surface area contributed by atoms with E-state index in [9.17, 15) is 4.79 Å². The minimum Gasteiger partial charge on any atom is -0.316 e. The molecular formula is C24H24N2OS. The van der Waals surface area contributed by atoms with E-state index in [1.807, 2.05) is 42.5 Å². The van der Waals surface area contributed by atoms with Gasteiger partial charge in [0.15, 0.2) is 4.80 Å². The van der Waals surface area contributed by atoms with E-state index in [1.54, 1.807) is 11.3 Å². The average molecular weight is 389 g/mol. The maximum atomic E-state index is 12.9. The van der Waals surface area contributed by atoms with Crippen molar-refractivity contribution in [3.63, 3.8) is 0 Å². The topological polar surface area (TPSA) is 34.4 Å². The van der Waals surface area contributed by atoms with Crippen molar-refractivity contribution in [2.24, 2.45) is 4.99 Å². The van der Waals surface area contributed by atoms with Gasteiger partial charge in [0.25, 0.3) is 5.91 Å². The number of rotatable bonds is 4. The minimum absolute atomic E-state index is 0.189. The first-order valence-corrected chi connectivity index (χ1v) is 10.6. The van der Waals surface area contributed by atoms with Crippen molar-refractivity contribution in [2.75, 3.05) is 0 Å². The van der Waals surface area contributed by atoms with Crippen LogP contribution in [0.1, 0.15) is 49.0 Å². The fourth-order valence-corrected chi connectivity index (χ4v) is 4.55. The van der Waals surface area contributed by atoms with Crippen molar-refractivity contribution in [3.05, 3.63) is 76.6 Å². The summed E-state index contributed by atoms with van der Waals surface area (Å²) in [6.07, 6.45) is 0.995. The first-order valence-electron chi connectivity index (χ1n) is 9.78. The molecule has 0 saturated carbocycles. The monoisotopic (exact) mass is 388 g/mol. The van der Waals surface area contributed by atoms with Crippen molar-refractivity contribution < 1.29 is 4.79 Å². The van der Waals surface area contributed by atoms with Gasteiger partial charge in [-0.3, -0.25) is 4.79 Å². The Balaban J connectivity index is 1.82. The van der Waals surface area contributed by atoms with E-state index in [4.69, 9.17) is 0 Å². The molecule has 0 aliphatic carbocycles. The number of hydrogen-bond acceptors (Lipinski definition) is 2. The molecule has 0 atom stereocenters. The Labute approximate surface area is 169 Å². The molecule has 0 spiro atoms. The second-order valence-corrected chi connectivity index (χ2v) is 8.41. The smallest absolute Gasteiger partial charge is 0.279 e. The second kappa shape index (κ2) is 7.72. The van der Waals surface area contributed by atoms with E-state index < -0.39 is 0 Å². The van der Waals surface area contributed by atoms with Crippen molar-refractivity contribution in [2.45, 2.75) is 39.7 Å². The lowest BCUT2D eigenvalue weighted by atomic mass is 10.0. The summed E-state index contributed by atoms with van der Waals surface area (Å²) in [5, 5.41) is 2.19. The summed E-state index contributed by atoms with van der Waals surface area (Å²) in [4.78, 5) is 18.2. The van der Waals surface area contributed by atoms with Crippen molar-refractivity contribution >= 4 is 38.2 Å². The molecule has 3 nitrogen and oxygen atoms in total. The fourth-order valence-electron chi connectivity index (χ4n) is 3.45. The van der Waals surface area contributed by atoms with Gasteiger partial charge in [0.2, 0.25) is 0 Å². The zero-order valence-electron chi connectivity index (χ0n) is 16.5. The largest absolute Gasteiger partial charge is 0.316 e. The first-order chi connectivity index (χ1) is 13.6. The van der Waals surface area contributed by atoms with Gasteiger partial charge in [-0.25, -0.2) is 0 Å². The van der Waals surface area contributed by atoms with Crippen LogP contribution in [-0.2, 0) is 6.54 Å². The van der Waals surface area contributed by atoms with E-state index >= 15 is 0 Å². The predicted octanol–water partition coefficient (Wildman–Crippen LogP) is 6.13. The molecule has 1 aromatic heterocycles. The molecule has 28 heavy (non-hydrogen) atoms. The third-order valence-electron chi connectivity index (χ3n) is 5.01. The van der Waals surface area contributed by atoms with Gasteiger partial charge in [-0.05, 0) is 52.9 Å². The van der Waals surface area contributed by atoms with Crippen LogP contribution in [0.25, 0.3) is 21.0 Å². The van der Waals surface area contributed by atoms with Crippen molar-refractivity contribution in [3.8, 4) is 0 Å². The number of aryl methyl sites for hydroxylation is 1. The fraction of sp³-hybridized carbons (Fsp3) is 0.250. The summed E-state index contributed by atoms with van der Waals surface area (Å²) in [5.74, 6) is 0.289. The number of aromatic nitrogens is 1. The van der Waals surface area contributed by atoms with Crippen LogP contribution in [0.2, 0.25) is 0 Å². The Kier molecular flexibility index (Phi) is 5.14. The van der Waals surface area contributed by atoms with Gasteiger partial charge >= 0.3 is 0 Å². The highest BCUT2D eigenvalue weighted by Gasteiger charge is 2.11. The van der Waals surface area contributed by atoms with Gasteiger partial charge in [-0.15, -0.1) is 0 Å². The summed E-state index contributed by atoms with van der Waals surface area (Å²) >= 11 is 1.60. The molecule has 4 aromatic rings. The van der Waals surface area contributed by atoms with Gasteiger partial charge in [0.1, 0.15) is 0 Å². The lowest BCUT2D eigenvalue weighted by Crippen LogP contribution is -2.16. The second-order valence-electron chi connectivity index (χ2n) is 7.40. The summed E-state index contributed by atoms with van der Waals surface area (Å²) in [6, 6.07) is 20.4. The lowest BCUT2D eigenvalue weighted by Gasteiger charge is -2.06. The molecule has 0 aliphatic heterocycles. The SMILES string of the molecule is CCCn1c(=NC(=O)c2ccc3ccccc3c2)sc2cc(C(C)C)ccc21. The molecule has 142 valence electrons. The summed E-state index contributed by atoms with van der Waals surface area (Å²) in [5.41, 5.74) is 3.09. The highest BCUT2D eigenvalue weighted by atomic mass is 32.1. The van der Waals surface area contributed by atoms with E-state index in [-0.39, 0.29) is 5.91 Å². The van der Waals surface area contributed by atoms with Crippen LogP contribution < -0.4 is 4.80 Å². The molecule has 0 fully saturated rings. The van der Waals surface area contributed by atoms with E-state index in [1.165, 1.54) is 10.3 Å². The number of benzene rings is 3. The standard InChI is InChI=1S/C24H24N2OS/c1-4-13-26-21-12-11-18(16(2)3)15-22(21)28-24(26)25-23(27)20-10-9-17-7-5-6-8-19(17)14-20/h5-12,14-16H,4,13H2,1-3H3. The molecule has 3 aromatic carbocycles. The molecule has 0 aliphatic rings. The third-order valence-corrected chi connectivity index (χ3v) is 6.06.